The molecule has 0 radical (unpaired) electrons. The first-order valence-electron chi connectivity index (χ1n) is 4.56. The van der Waals surface area contributed by atoms with Crippen LogP contribution in [-0.4, -0.2) is 5.60 Å². The van der Waals surface area contributed by atoms with Gasteiger partial charge >= 0.3 is 0 Å². The van der Waals surface area contributed by atoms with Gasteiger partial charge in [-0.05, 0) is 38.5 Å². The minimum Gasteiger partial charge on any atom is -0.396 e. The van der Waals surface area contributed by atoms with Crippen LogP contribution in [-0.2, 0) is 11.3 Å². The van der Waals surface area contributed by atoms with Gasteiger partial charge in [0.25, 0.3) is 0 Å². The van der Waals surface area contributed by atoms with Crippen LogP contribution < -0.4 is 5.73 Å². The van der Waals surface area contributed by atoms with E-state index in [1.807, 2.05) is 20.8 Å². The van der Waals surface area contributed by atoms with Gasteiger partial charge in [0.2, 0.25) is 0 Å². The van der Waals surface area contributed by atoms with Crippen molar-refractivity contribution >= 4 is 5.69 Å². The van der Waals surface area contributed by atoms with Gasteiger partial charge in [-0.3, -0.25) is 0 Å². The molecule has 2 nitrogen and oxygen atoms in total. The smallest absolute Gasteiger partial charge is 0.146 e. The molecule has 0 bridgehead atoms. The Morgan fingerprint density at radius 2 is 2.00 bits per heavy atom. The summed E-state index contributed by atoms with van der Waals surface area (Å²) in [5.74, 6) is -0.389. The first kappa shape index (κ1) is 11.0. The van der Waals surface area contributed by atoms with Gasteiger partial charge in [-0.1, -0.05) is 6.07 Å². The fourth-order valence-corrected chi connectivity index (χ4v) is 0.960. The maximum absolute atomic E-state index is 13.0. The van der Waals surface area contributed by atoms with E-state index in [1.165, 1.54) is 6.07 Å². The molecule has 3 heteroatoms. The fourth-order valence-electron chi connectivity index (χ4n) is 0.960. The van der Waals surface area contributed by atoms with E-state index in [0.717, 1.165) is 5.56 Å². The molecule has 1 aromatic carbocycles. The Morgan fingerprint density at radius 3 is 2.50 bits per heavy atom. The highest BCUT2D eigenvalue weighted by Crippen LogP contribution is 2.15. The van der Waals surface area contributed by atoms with E-state index in [1.54, 1.807) is 12.1 Å². The van der Waals surface area contributed by atoms with E-state index in [2.05, 4.69) is 0 Å². The van der Waals surface area contributed by atoms with Gasteiger partial charge in [-0.25, -0.2) is 4.39 Å². The zero-order chi connectivity index (χ0) is 10.8. The van der Waals surface area contributed by atoms with Gasteiger partial charge < -0.3 is 10.5 Å². The number of benzene rings is 1. The summed E-state index contributed by atoms with van der Waals surface area (Å²) in [4.78, 5) is 0. The second-order valence-electron chi connectivity index (χ2n) is 4.26. The highest BCUT2D eigenvalue weighted by atomic mass is 19.1. The second kappa shape index (κ2) is 3.96. The van der Waals surface area contributed by atoms with Crippen molar-refractivity contribution in [3.63, 3.8) is 0 Å². The highest BCUT2D eigenvalue weighted by Gasteiger charge is 2.10. The first-order chi connectivity index (χ1) is 6.38. The van der Waals surface area contributed by atoms with Crippen molar-refractivity contribution in [2.24, 2.45) is 0 Å². The molecule has 0 aliphatic rings. The lowest BCUT2D eigenvalue weighted by Crippen LogP contribution is -2.18. The molecular formula is C11H16FNO. The second-order valence-corrected chi connectivity index (χ2v) is 4.26. The Kier molecular flexibility index (Phi) is 3.11. The van der Waals surface area contributed by atoms with Crippen molar-refractivity contribution in [3.05, 3.63) is 29.6 Å². The molecule has 0 atom stereocenters. The molecule has 0 amide bonds. The average molecular weight is 197 g/mol. The van der Waals surface area contributed by atoms with E-state index in [-0.39, 0.29) is 17.1 Å². The zero-order valence-electron chi connectivity index (χ0n) is 8.80. The summed E-state index contributed by atoms with van der Waals surface area (Å²) in [6.45, 7) is 6.28. The minimum absolute atomic E-state index is 0.171. The van der Waals surface area contributed by atoms with Crippen LogP contribution >= 0.6 is 0 Å². The molecule has 1 rings (SSSR count). The number of ether oxygens (including phenoxy) is 1. The van der Waals surface area contributed by atoms with E-state index in [9.17, 15) is 4.39 Å². The van der Waals surface area contributed by atoms with Crippen molar-refractivity contribution in [2.45, 2.75) is 33.0 Å². The summed E-state index contributed by atoms with van der Waals surface area (Å²) in [6.07, 6.45) is 0. The van der Waals surface area contributed by atoms with Crippen LogP contribution in [0.15, 0.2) is 18.2 Å². The van der Waals surface area contributed by atoms with Gasteiger partial charge in [-0.15, -0.1) is 0 Å². The number of halogens is 1. The van der Waals surface area contributed by atoms with Crippen molar-refractivity contribution in [1.29, 1.82) is 0 Å². The molecule has 0 saturated carbocycles. The maximum atomic E-state index is 13.0. The molecule has 0 unspecified atom stereocenters. The van der Waals surface area contributed by atoms with Crippen molar-refractivity contribution in [1.82, 2.24) is 0 Å². The number of nitrogen functional groups attached to an aromatic ring is 1. The third kappa shape index (κ3) is 3.34. The molecule has 14 heavy (non-hydrogen) atoms. The van der Waals surface area contributed by atoms with E-state index < -0.39 is 0 Å². The van der Waals surface area contributed by atoms with Crippen LogP contribution in [0.2, 0.25) is 0 Å². The lowest BCUT2D eigenvalue weighted by Gasteiger charge is -2.19. The zero-order valence-corrected chi connectivity index (χ0v) is 8.80. The Balaban J connectivity index is 2.65. The SMILES string of the molecule is CC(C)(C)OCc1ccc(N)c(F)c1. The summed E-state index contributed by atoms with van der Waals surface area (Å²) >= 11 is 0. The van der Waals surface area contributed by atoms with Crippen molar-refractivity contribution < 1.29 is 9.13 Å². The summed E-state index contributed by atoms with van der Waals surface area (Å²) in [5, 5.41) is 0. The lowest BCUT2D eigenvalue weighted by molar-refractivity contribution is -0.0150. The van der Waals surface area contributed by atoms with Gasteiger partial charge in [-0.2, -0.15) is 0 Å². The molecule has 78 valence electrons. The molecule has 0 spiro atoms. The number of anilines is 1. The highest BCUT2D eigenvalue weighted by molar-refractivity contribution is 5.41. The summed E-state index contributed by atoms with van der Waals surface area (Å²) in [7, 11) is 0. The lowest BCUT2D eigenvalue weighted by atomic mass is 10.1. The van der Waals surface area contributed by atoms with Crippen molar-refractivity contribution in [2.75, 3.05) is 5.73 Å². The van der Waals surface area contributed by atoms with Crippen molar-refractivity contribution in [3.8, 4) is 0 Å². The van der Waals surface area contributed by atoms with E-state index >= 15 is 0 Å². The molecule has 0 heterocycles. The summed E-state index contributed by atoms with van der Waals surface area (Å²) in [6, 6.07) is 4.72. The molecule has 0 aliphatic carbocycles. The average Bonchev–Trinajstić information content (AvgIpc) is 2.06. The fraction of sp³-hybridized carbons (Fsp3) is 0.455. The van der Waals surface area contributed by atoms with Crippen LogP contribution in [0.4, 0.5) is 10.1 Å². The number of hydrogen-bond acceptors (Lipinski definition) is 2. The van der Waals surface area contributed by atoms with Crippen LogP contribution in [0.1, 0.15) is 26.3 Å². The van der Waals surface area contributed by atoms with Crippen LogP contribution in [0, 0.1) is 5.82 Å². The molecule has 0 aromatic heterocycles. The Labute approximate surface area is 83.9 Å². The van der Waals surface area contributed by atoms with Crippen LogP contribution in [0.25, 0.3) is 0 Å². The number of rotatable bonds is 2. The van der Waals surface area contributed by atoms with Crippen LogP contribution in [0.3, 0.4) is 0 Å². The summed E-state index contributed by atoms with van der Waals surface area (Å²) < 4.78 is 18.5. The third-order valence-electron chi connectivity index (χ3n) is 1.74. The topological polar surface area (TPSA) is 35.2 Å². The quantitative estimate of drug-likeness (QED) is 0.740. The third-order valence-corrected chi connectivity index (χ3v) is 1.74. The summed E-state index contributed by atoms with van der Waals surface area (Å²) in [5.41, 5.74) is 6.11. The largest absolute Gasteiger partial charge is 0.396 e. The molecule has 0 aliphatic heterocycles. The number of nitrogens with two attached hydrogens (primary N) is 1. The molecular weight excluding hydrogens is 181 g/mol. The predicted molar refractivity (Wildman–Crippen MR) is 55.4 cm³/mol. The first-order valence-corrected chi connectivity index (χ1v) is 4.56. The number of hydrogen-bond donors (Lipinski definition) is 1. The molecule has 1 aromatic rings. The Hall–Kier alpha value is -1.09. The monoisotopic (exact) mass is 197 g/mol. The van der Waals surface area contributed by atoms with E-state index in [0.29, 0.717) is 6.61 Å². The Morgan fingerprint density at radius 1 is 1.36 bits per heavy atom. The standard InChI is InChI=1S/C11H16FNO/c1-11(2,3)14-7-8-4-5-10(13)9(12)6-8/h4-6H,7,13H2,1-3H3. The van der Waals surface area contributed by atoms with E-state index in [4.69, 9.17) is 10.5 Å². The van der Waals surface area contributed by atoms with Gasteiger partial charge in [0.05, 0.1) is 17.9 Å². The van der Waals surface area contributed by atoms with Gasteiger partial charge in [0, 0.05) is 0 Å². The van der Waals surface area contributed by atoms with Crippen LogP contribution in [0.5, 0.6) is 0 Å². The van der Waals surface area contributed by atoms with Gasteiger partial charge in [0.15, 0.2) is 0 Å². The predicted octanol–water partition coefficient (Wildman–Crippen LogP) is 2.72. The Bertz CT molecular complexity index is 318. The molecule has 0 fully saturated rings. The minimum atomic E-state index is -0.389. The van der Waals surface area contributed by atoms with Gasteiger partial charge in [0.1, 0.15) is 5.82 Å². The molecule has 2 N–H and O–H groups in total. The normalized spacial score (nSPS) is 11.7. The maximum Gasteiger partial charge on any atom is 0.146 e. The molecule has 0 saturated heterocycles.